The van der Waals surface area contributed by atoms with Crippen molar-refractivity contribution in [2.24, 2.45) is 0 Å². The van der Waals surface area contributed by atoms with E-state index in [1.807, 2.05) is 6.07 Å². The van der Waals surface area contributed by atoms with E-state index in [1.165, 1.54) is 14.2 Å². The van der Waals surface area contributed by atoms with E-state index >= 15 is 0 Å². The first-order valence-corrected chi connectivity index (χ1v) is 7.51. The van der Waals surface area contributed by atoms with Crippen LogP contribution in [-0.2, 0) is 23.9 Å². The summed E-state index contributed by atoms with van der Waals surface area (Å²) in [6.07, 6.45) is -0.0206. The topological polar surface area (TPSA) is 81.7 Å². The first-order chi connectivity index (χ1) is 11.0. The third kappa shape index (κ3) is 5.83. The Morgan fingerprint density at radius 2 is 1.78 bits per heavy atom. The molecule has 1 aromatic rings. The number of nitrogens with one attached hydrogen (secondary N) is 1. The van der Waals surface area contributed by atoms with Crippen LogP contribution in [0.4, 0.5) is 0 Å². The maximum atomic E-state index is 12.4. The highest BCUT2D eigenvalue weighted by Crippen LogP contribution is 2.17. The van der Waals surface area contributed by atoms with Gasteiger partial charge in [0.15, 0.2) is 6.10 Å². The number of ketones is 1. The molecular formula is C17H23NO5. The number of hydrogen-bond acceptors (Lipinski definition) is 5. The Morgan fingerprint density at radius 3 is 2.30 bits per heavy atom. The lowest BCUT2D eigenvalue weighted by atomic mass is 10.1. The van der Waals surface area contributed by atoms with Gasteiger partial charge in [0.05, 0.1) is 7.11 Å². The number of hydrogen-bond donors (Lipinski definition) is 1. The van der Waals surface area contributed by atoms with Crippen LogP contribution in [0.3, 0.4) is 0 Å². The lowest BCUT2D eigenvalue weighted by molar-refractivity contribution is -0.147. The summed E-state index contributed by atoms with van der Waals surface area (Å²) in [5, 5.41) is 2.61. The molecule has 6 heteroatoms. The van der Waals surface area contributed by atoms with Gasteiger partial charge < -0.3 is 14.8 Å². The van der Waals surface area contributed by atoms with Crippen LogP contribution in [0.15, 0.2) is 30.3 Å². The maximum absolute atomic E-state index is 12.4. The van der Waals surface area contributed by atoms with Crippen molar-refractivity contribution in [1.29, 1.82) is 0 Å². The van der Waals surface area contributed by atoms with Gasteiger partial charge in [-0.2, -0.15) is 0 Å². The Balaban J connectivity index is 2.78. The van der Waals surface area contributed by atoms with E-state index < -0.39 is 24.0 Å². The van der Waals surface area contributed by atoms with Crippen molar-refractivity contribution in [3.8, 4) is 0 Å². The van der Waals surface area contributed by atoms with Crippen molar-refractivity contribution in [1.82, 2.24) is 5.32 Å². The van der Waals surface area contributed by atoms with Crippen LogP contribution in [0.5, 0.6) is 0 Å². The Hall–Kier alpha value is -2.21. The summed E-state index contributed by atoms with van der Waals surface area (Å²) < 4.78 is 9.92. The summed E-state index contributed by atoms with van der Waals surface area (Å²) in [5.74, 6) is -0.997. The number of benzene rings is 1. The molecule has 1 aromatic carbocycles. The van der Waals surface area contributed by atoms with Crippen LogP contribution < -0.4 is 5.32 Å². The van der Waals surface area contributed by atoms with Gasteiger partial charge >= 0.3 is 5.97 Å². The lowest BCUT2D eigenvalue weighted by Gasteiger charge is -2.20. The SMILES string of the molecule is CCC(=O)CC[C@@H](NC(=O)[C@@H](OC)c1ccccc1)C(=O)OC. The number of methoxy groups -OCH3 is 2. The molecule has 0 aromatic heterocycles. The van der Waals surface area contributed by atoms with Gasteiger partial charge in [0, 0.05) is 20.0 Å². The second-order valence-corrected chi connectivity index (χ2v) is 5.04. The molecule has 0 bridgehead atoms. The number of carbonyl (C=O) groups is 3. The van der Waals surface area contributed by atoms with Gasteiger partial charge in [0.1, 0.15) is 11.8 Å². The molecule has 0 radical (unpaired) electrons. The van der Waals surface area contributed by atoms with Gasteiger partial charge in [-0.05, 0) is 12.0 Å². The quantitative estimate of drug-likeness (QED) is 0.701. The predicted molar refractivity (Wildman–Crippen MR) is 84.7 cm³/mol. The standard InChI is InChI=1S/C17H23NO5/c1-4-13(19)10-11-14(17(21)23-3)18-16(20)15(22-2)12-8-6-5-7-9-12/h5-9,14-15H,4,10-11H2,1-3H3,(H,18,20)/t14-,15+/m1/s1. The smallest absolute Gasteiger partial charge is 0.328 e. The van der Waals surface area contributed by atoms with Gasteiger partial charge in [0.25, 0.3) is 5.91 Å². The summed E-state index contributed by atoms with van der Waals surface area (Å²) in [6.45, 7) is 1.75. The summed E-state index contributed by atoms with van der Waals surface area (Å²) in [7, 11) is 2.67. The second kappa shape index (κ2) is 9.74. The second-order valence-electron chi connectivity index (χ2n) is 5.04. The summed E-state index contributed by atoms with van der Waals surface area (Å²) in [4.78, 5) is 35.6. The number of esters is 1. The molecule has 2 atom stereocenters. The molecule has 1 amide bonds. The molecule has 0 heterocycles. The van der Waals surface area contributed by atoms with Gasteiger partial charge in [-0.1, -0.05) is 37.3 Å². The third-order valence-corrected chi connectivity index (χ3v) is 3.48. The average Bonchev–Trinajstić information content (AvgIpc) is 2.59. The fraction of sp³-hybridized carbons (Fsp3) is 0.471. The largest absolute Gasteiger partial charge is 0.467 e. The van der Waals surface area contributed by atoms with Crippen molar-refractivity contribution in [3.05, 3.63) is 35.9 Å². The molecule has 6 nitrogen and oxygen atoms in total. The Labute approximate surface area is 136 Å². The van der Waals surface area contributed by atoms with Crippen molar-refractivity contribution in [2.45, 2.75) is 38.3 Å². The number of rotatable bonds is 9. The molecule has 0 unspecified atom stereocenters. The lowest BCUT2D eigenvalue weighted by Crippen LogP contribution is -2.44. The summed E-state index contributed by atoms with van der Waals surface area (Å²) in [6, 6.07) is 8.09. The van der Waals surface area contributed by atoms with E-state index in [1.54, 1.807) is 31.2 Å². The Bertz CT molecular complexity index is 529. The molecule has 0 saturated carbocycles. The molecule has 0 saturated heterocycles. The highest BCUT2D eigenvalue weighted by atomic mass is 16.5. The normalized spacial score (nSPS) is 13.0. The van der Waals surface area contributed by atoms with Gasteiger partial charge in [-0.3, -0.25) is 9.59 Å². The van der Waals surface area contributed by atoms with Crippen LogP contribution in [0.2, 0.25) is 0 Å². The number of Topliss-reactive ketones (excluding diaryl/α,β-unsaturated/α-hetero) is 1. The van der Waals surface area contributed by atoms with Crippen LogP contribution in [0, 0.1) is 0 Å². The third-order valence-electron chi connectivity index (χ3n) is 3.48. The fourth-order valence-electron chi connectivity index (χ4n) is 2.14. The first-order valence-electron chi connectivity index (χ1n) is 7.51. The zero-order valence-electron chi connectivity index (χ0n) is 13.7. The van der Waals surface area contributed by atoms with E-state index in [0.717, 1.165) is 0 Å². The predicted octanol–water partition coefficient (Wildman–Crippen LogP) is 1.79. The van der Waals surface area contributed by atoms with Crippen molar-refractivity contribution >= 4 is 17.7 Å². The number of amides is 1. The van der Waals surface area contributed by atoms with Gasteiger partial charge in [-0.25, -0.2) is 4.79 Å². The molecule has 0 aliphatic heterocycles. The van der Waals surface area contributed by atoms with Crippen LogP contribution in [0.25, 0.3) is 0 Å². The minimum atomic E-state index is -0.871. The number of ether oxygens (including phenoxy) is 2. The van der Waals surface area contributed by atoms with E-state index in [9.17, 15) is 14.4 Å². The highest BCUT2D eigenvalue weighted by molar-refractivity contribution is 5.88. The molecule has 1 rings (SSSR count). The van der Waals surface area contributed by atoms with E-state index in [4.69, 9.17) is 9.47 Å². The van der Waals surface area contributed by atoms with Crippen LogP contribution >= 0.6 is 0 Å². The molecule has 1 N–H and O–H groups in total. The molecular weight excluding hydrogens is 298 g/mol. The fourth-order valence-corrected chi connectivity index (χ4v) is 2.14. The summed E-state index contributed by atoms with van der Waals surface area (Å²) in [5.41, 5.74) is 0.681. The van der Waals surface area contributed by atoms with Crippen LogP contribution in [0.1, 0.15) is 37.9 Å². The highest BCUT2D eigenvalue weighted by Gasteiger charge is 2.27. The Kier molecular flexibility index (Phi) is 7.97. The minimum Gasteiger partial charge on any atom is -0.467 e. The van der Waals surface area contributed by atoms with Crippen molar-refractivity contribution < 1.29 is 23.9 Å². The van der Waals surface area contributed by atoms with Crippen molar-refractivity contribution in [3.63, 3.8) is 0 Å². The molecule has 0 aliphatic rings. The zero-order chi connectivity index (χ0) is 17.2. The van der Waals surface area contributed by atoms with E-state index in [0.29, 0.717) is 12.0 Å². The van der Waals surface area contributed by atoms with Gasteiger partial charge in [-0.15, -0.1) is 0 Å². The molecule has 0 fully saturated rings. The van der Waals surface area contributed by atoms with Gasteiger partial charge in [0.2, 0.25) is 0 Å². The maximum Gasteiger partial charge on any atom is 0.328 e. The Morgan fingerprint density at radius 1 is 1.13 bits per heavy atom. The minimum absolute atomic E-state index is 0.0273. The van der Waals surface area contributed by atoms with E-state index in [2.05, 4.69) is 5.32 Å². The molecule has 126 valence electrons. The first kappa shape index (κ1) is 18.8. The van der Waals surface area contributed by atoms with Crippen LogP contribution in [-0.4, -0.2) is 37.9 Å². The number of carbonyl (C=O) groups excluding carboxylic acids is 3. The molecule has 0 aliphatic carbocycles. The molecule has 0 spiro atoms. The summed E-state index contributed by atoms with van der Waals surface area (Å²) >= 11 is 0. The zero-order valence-corrected chi connectivity index (χ0v) is 13.7. The average molecular weight is 321 g/mol. The monoisotopic (exact) mass is 321 g/mol. The van der Waals surface area contributed by atoms with E-state index in [-0.39, 0.29) is 18.6 Å². The van der Waals surface area contributed by atoms with Crippen molar-refractivity contribution in [2.75, 3.05) is 14.2 Å². The molecule has 23 heavy (non-hydrogen) atoms.